The Morgan fingerprint density at radius 3 is 2.56 bits per heavy atom. The molecule has 1 N–H and O–H groups in total. The molecular weight excluding hydrogens is 266 g/mol. The summed E-state index contributed by atoms with van der Waals surface area (Å²) in [7, 11) is -1.50. The average Bonchev–Trinajstić information content (AvgIpc) is 2.28. The number of rotatable bonds is 3. The number of hydrogen-bond acceptors (Lipinski definition) is 5. The van der Waals surface area contributed by atoms with Crippen molar-refractivity contribution in [1.29, 1.82) is 0 Å². The van der Waals surface area contributed by atoms with Gasteiger partial charge in [-0.2, -0.15) is 0 Å². The minimum atomic E-state index is -1.50. The van der Waals surface area contributed by atoms with E-state index < -0.39 is 8.07 Å². The lowest BCUT2D eigenvalue weighted by atomic mass is 10.6. The predicted molar refractivity (Wildman–Crippen MR) is 75.3 cm³/mol. The second-order valence-electron chi connectivity index (χ2n) is 4.87. The Labute approximate surface area is 112 Å². The summed E-state index contributed by atoms with van der Waals surface area (Å²) in [4.78, 5) is 16.4. The summed E-state index contributed by atoms with van der Waals surface area (Å²) in [5.74, 6) is 1.09. The third-order valence-corrected chi connectivity index (χ3v) is 4.80. The number of nitrogens with one attached hydrogen (secondary N) is 1. The highest BCUT2D eigenvalue weighted by atomic mass is 35.5. The van der Waals surface area contributed by atoms with E-state index in [0.717, 1.165) is 5.19 Å². The Morgan fingerprint density at radius 2 is 2.00 bits per heavy atom. The molecule has 0 aliphatic rings. The van der Waals surface area contributed by atoms with Gasteiger partial charge in [-0.15, -0.1) is 0 Å². The summed E-state index contributed by atoms with van der Waals surface area (Å²) in [6.07, 6.45) is 4.90. The van der Waals surface area contributed by atoms with Crippen molar-refractivity contribution in [2.24, 2.45) is 0 Å². The molecule has 0 bridgehead atoms. The first-order valence-corrected chi connectivity index (χ1v) is 9.40. The van der Waals surface area contributed by atoms with E-state index in [1.807, 2.05) is 0 Å². The average molecular weight is 280 g/mol. The van der Waals surface area contributed by atoms with Gasteiger partial charge in [0, 0.05) is 12.4 Å². The highest BCUT2D eigenvalue weighted by Gasteiger charge is 2.21. The minimum Gasteiger partial charge on any atom is -0.309 e. The molecule has 0 saturated heterocycles. The molecule has 0 aliphatic carbocycles. The molecule has 5 nitrogen and oxygen atoms in total. The molecule has 0 amide bonds. The topological polar surface area (TPSA) is 63.6 Å². The Bertz CT molecular complexity index is 541. The standard InChI is InChI=1S/C11H14ClN5Si/c1-18(2,3)8-6-14-11(17-10(8)12)16-9-4-5-13-7-15-9/h4-7H,1-3H3,(H,13,14,15,16,17). The van der Waals surface area contributed by atoms with Crippen molar-refractivity contribution in [2.75, 3.05) is 5.32 Å². The van der Waals surface area contributed by atoms with Gasteiger partial charge in [0.1, 0.15) is 17.3 Å². The molecule has 0 fully saturated rings. The van der Waals surface area contributed by atoms with E-state index >= 15 is 0 Å². The van der Waals surface area contributed by atoms with Crippen molar-refractivity contribution < 1.29 is 0 Å². The van der Waals surface area contributed by atoms with Crippen LogP contribution >= 0.6 is 11.6 Å². The molecule has 2 aromatic rings. The zero-order valence-electron chi connectivity index (χ0n) is 10.5. The summed E-state index contributed by atoms with van der Waals surface area (Å²) in [6.45, 7) is 6.61. The lowest BCUT2D eigenvalue weighted by Gasteiger charge is -2.17. The second kappa shape index (κ2) is 4.99. The fourth-order valence-corrected chi connectivity index (χ4v) is 3.51. The first-order valence-electron chi connectivity index (χ1n) is 5.53. The Kier molecular flexibility index (Phi) is 3.58. The number of aromatic nitrogens is 4. The Morgan fingerprint density at radius 1 is 1.22 bits per heavy atom. The summed E-state index contributed by atoms with van der Waals surface area (Å²) in [6, 6.07) is 1.74. The Hall–Kier alpha value is -1.53. The fourth-order valence-electron chi connectivity index (χ4n) is 1.40. The second-order valence-corrected chi connectivity index (χ2v) is 10.3. The number of nitrogens with zero attached hydrogens (tertiary/aromatic N) is 4. The SMILES string of the molecule is C[Si](C)(C)c1cnc(Nc2ccncn2)nc1Cl. The maximum atomic E-state index is 6.19. The van der Waals surface area contributed by atoms with Gasteiger partial charge in [-0.1, -0.05) is 31.2 Å². The maximum absolute atomic E-state index is 6.19. The minimum absolute atomic E-state index is 0.445. The zero-order valence-corrected chi connectivity index (χ0v) is 12.2. The van der Waals surface area contributed by atoms with Crippen molar-refractivity contribution in [2.45, 2.75) is 19.6 Å². The molecule has 0 atom stereocenters. The lowest BCUT2D eigenvalue weighted by Crippen LogP contribution is -2.39. The van der Waals surface area contributed by atoms with Gasteiger partial charge >= 0.3 is 0 Å². The van der Waals surface area contributed by atoms with Crippen LogP contribution < -0.4 is 10.5 Å². The van der Waals surface area contributed by atoms with Crippen LogP contribution in [0.2, 0.25) is 24.8 Å². The molecule has 7 heteroatoms. The fraction of sp³-hybridized carbons (Fsp3) is 0.273. The molecule has 0 radical (unpaired) electrons. The first-order chi connectivity index (χ1) is 8.47. The van der Waals surface area contributed by atoms with Crippen LogP contribution in [0, 0.1) is 0 Å². The van der Waals surface area contributed by atoms with E-state index in [0.29, 0.717) is 16.9 Å². The highest BCUT2D eigenvalue weighted by molar-refractivity contribution is 6.90. The molecule has 2 aromatic heterocycles. The van der Waals surface area contributed by atoms with Crippen molar-refractivity contribution in [3.05, 3.63) is 29.9 Å². The number of halogens is 1. The van der Waals surface area contributed by atoms with Gasteiger partial charge in [0.25, 0.3) is 0 Å². The molecule has 94 valence electrons. The van der Waals surface area contributed by atoms with Gasteiger partial charge in [0.2, 0.25) is 5.95 Å². The molecule has 0 unspecified atom stereocenters. The highest BCUT2D eigenvalue weighted by Crippen LogP contribution is 2.13. The van der Waals surface area contributed by atoms with Crippen molar-refractivity contribution >= 4 is 36.6 Å². The summed E-state index contributed by atoms with van der Waals surface area (Å²) in [5.41, 5.74) is 0. The third-order valence-electron chi connectivity index (χ3n) is 2.37. The first kappa shape index (κ1) is 12.9. The molecule has 2 rings (SSSR count). The lowest BCUT2D eigenvalue weighted by molar-refractivity contribution is 1.12. The smallest absolute Gasteiger partial charge is 0.229 e. The van der Waals surface area contributed by atoms with Gasteiger partial charge in [0.15, 0.2) is 0 Å². The zero-order chi connectivity index (χ0) is 13.2. The molecule has 0 spiro atoms. The van der Waals surface area contributed by atoms with Crippen molar-refractivity contribution in [3.8, 4) is 0 Å². The van der Waals surface area contributed by atoms with E-state index in [2.05, 4.69) is 44.9 Å². The van der Waals surface area contributed by atoms with Crippen LogP contribution in [0.1, 0.15) is 0 Å². The van der Waals surface area contributed by atoms with E-state index in [9.17, 15) is 0 Å². The van der Waals surface area contributed by atoms with E-state index in [-0.39, 0.29) is 0 Å². The van der Waals surface area contributed by atoms with Gasteiger partial charge in [-0.05, 0) is 11.3 Å². The van der Waals surface area contributed by atoms with Crippen LogP contribution in [-0.2, 0) is 0 Å². The van der Waals surface area contributed by atoms with Gasteiger partial charge < -0.3 is 5.32 Å². The van der Waals surface area contributed by atoms with Crippen LogP contribution in [0.4, 0.5) is 11.8 Å². The normalized spacial score (nSPS) is 11.3. The van der Waals surface area contributed by atoms with Crippen LogP contribution in [0.15, 0.2) is 24.8 Å². The molecule has 0 saturated carbocycles. The maximum Gasteiger partial charge on any atom is 0.229 e. The summed E-state index contributed by atoms with van der Waals surface area (Å²) in [5, 5.41) is 4.55. The predicted octanol–water partition coefficient (Wildman–Crippen LogP) is 2.21. The van der Waals surface area contributed by atoms with Crippen LogP contribution in [0.3, 0.4) is 0 Å². The van der Waals surface area contributed by atoms with Gasteiger partial charge in [0.05, 0.1) is 8.07 Å². The van der Waals surface area contributed by atoms with E-state index in [1.165, 1.54) is 6.33 Å². The van der Waals surface area contributed by atoms with Crippen molar-refractivity contribution in [1.82, 2.24) is 19.9 Å². The summed E-state index contributed by atoms with van der Waals surface area (Å²) < 4.78 is 0. The number of anilines is 2. The Balaban J connectivity index is 2.25. The quantitative estimate of drug-likeness (QED) is 0.689. The van der Waals surface area contributed by atoms with E-state index in [4.69, 9.17) is 11.6 Å². The third kappa shape index (κ3) is 3.02. The van der Waals surface area contributed by atoms with Gasteiger partial charge in [-0.3, -0.25) is 0 Å². The monoisotopic (exact) mass is 279 g/mol. The van der Waals surface area contributed by atoms with Gasteiger partial charge in [-0.25, -0.2) is 19.9 Å². The largest absolute Gasteiger partial charge is 0.309 e. The van der Waals surface area contributed by atoms with Crippen molar-refractivity contribution in [3.63, 3.8) is 0 Å². The van der Waals surface area contributed by atoms with Crippen LogP contribution in [0.5, 0.6) is 0 Å². The molecule has 0 aromatic carbocycles. The number of hydrogen-bond donors (Lipinski definition) is 1. The molecule has 0 aliphatic heterocycles. The molecule has 2 heterocycles. The van der Waals surface area contributed by atoms with Crippen LogP contribution in [0.25, 0.3) is 0 Å². The summed E-state index contributed by atoms with van der Waals surface area (Å²) >= 11 is 6.19. The van der Waals surface area contributed by atoms with E-state index in [1.54, 1.807) is 18.5 Å². The van der Waals surface area contributed by atoms with Crippen LogP contribution in [-0.4, -0.2) is 28.0 Å². The molecular formula is C11H14ClN5Si. The molecule has 18 heavy (non-hydrogen) atoms.